The summed E-state index contributed by atoms with van der Waals surface area (Å²) in [6.07, 6.45) is -1.53. The lowest BCUT2D eigenvalue weighted by Crippen LogP contribution is -2.34. The van der Waals surface area contributed by atoms with Crippen molar-refractivity contribution in [3.63, 3.8) is 0 Å². The highest BCUT2D eigenvalue weighted by molar-refractivity contribution is 6.33. The van der Waals surface area contributed by atoms with E-state index in [1.165, 1.54) is 0 Å². The van der Waals surface area contributed by atoms with Crippen molar-refractivity contribution >= 4 is 22.6 Å². The van der Waals surface area contributed by atoms with Gasteiger partial charge in [-0.2, -0.15) is 0 Å². The Morgan fingerprint density at radius 3 is 2.86 bits per heavy atom. The molecule has 150 valence electrons. The highest BCUT2D eigenvalue weighted by atomic mass is 35.5. The number of benzene rings is 1. The highest BCUT2D eigenvalue weighted by Gasteiger charge is 2.48. The number of H-pyrrole nitrogens is 1. The number of aliphatic hydroxyl groups excluding tert-OH is 1. The van der Waals surface area contributed by atoms with E-state index in [4.69, 9.17) is 40.3 Å². The first-order valence-corrected chi connectivity index (χ1v) is 9.71. The van der Waals surface area contributed by atoms with Crippen molar-refractivity contribution in [1.82, 2.24) is 9.97 Å². The van der Waals surface area contributed by atoms with E-state index in [0.717, 1.165) is 16.6 Å². The molecule has 3 aliphatic heterocycles. The summed E-state index contributed by atoms with van der Waals surface area (Å²) < 4.78 is 28.1. The van der Waals surface area contributed by atoms with Gasteiger partial charge in [-0.05, 0) is 24.3 Å². The topological polar surface area (TPSA) is 95.1 Å². The van der Waals surface area contributed by atoms with Crippen molar-refractivity contribution in [1.29, 1.82) is 0 Å². The van der Waals surface area contributed by atoms with Crippen LogP contribution in [0, 0.1) is 0 Å². The second kappa shape index (κ2) is 6.50. The van der Waals surface area contributed by atoms with Gasteiger partial charge in [-0.15, -0.1) is 0 Å². The smallest absolute Gasteiger partial charge is 0.231 e. The van der Waals surface area contributed by atoms with Crippen molar-refractivity contribution < 1.29 is 28.8 Å². The van der Waals surface area contributed by atoms with Gasteiger partial charge >= 0.3 is 0 Å². The Bertz CT molecular complexity index is 1100. The van der Waals surface area contributed by atoms with E-state index in [0.29, 0.717) is 34.7 Å². The van der Waals surface area contributed by atoms with Crippen molar-refractivity contribution in [3.8, 4) is 28.6 Å². The standard InChI is InChI=1S/C20H17ClN2O6/c21-10-4-11-12(23-18(10)9-1-2-14-15(3-9)28-8-27-14)5-17(22-11)29-16-7-26-19-13(24)6-25-20(16)19/h1-5,13,16,19-20,22,24H,6-8H2/t13?,16?,19-,20-/m1/s1. The fraction of sp³-hybridized carbons (Fsp3) is 0.350. The van der Waals surface area contributed by atoms with E-state index in [1.54, 1.807) is 0 Å². The maximum absolute atomic E-state index is 9.87. The molecule has 0 radical (unpaired) electrons. The maximum Gasteiger partial charge on any atom is 0.231 e. The zero-order valence-corrected chi connectivity index (χ0v) is 15.9. The van der Waals surface area contributed by atoms with Crippen molar-refractivity contribution in [2.75, 3.05) is 20.0 Å². The quantitative estimate of drug-likeness (QED) is 0.677. The Labute approximate surface area is 170 Å². The molecule has 2 N–H and O–H groups in total. The third kappa shape index (κ3) is 2.83. The molecule has 0 amide bonds. The van der Waals surface area contributed by atoms with E-state index >= 15 is 0 Å². The van der Waals surface area contributed by atoms with Gasteiger partial charge in [0.15, 0.2) is 23.5 Å². The Morgan fingerprint density at radius 2 is 1.93 bits per heavy atom. The minimum absolute atomic E-state index is 0.213. The molecular weight excluding hydrogens is 400 g/mol. The molecule has 2 saturated heterocycles. The van der Waals surface area contributed by atoms with Gasteiger partial charge in [-0.1, -0.05) is 11.6 Å². The molecule has 4 atom stereocenters. The number of fused-ring (bicyclic) bond motifs is 3. The molecule has 0 aliphatic carbocycles. The number of ether oxygens (including phenoxy) is 5. The largest absolute Gasteiger partial charge is 0.470 e. The summed E-state index contributed by atoms with van der Waals surface area (Å²) in [5, 5.41) is 10.4. The van der Waals surface area contributed by atoms with Gasteiger partial charge in [0.25, 0.3) is 0 Å². The number of nitrogens with zero attached hydrogens (tertiary/aromatic N) is 1. The van der Waals surface area contributed by atoms with Gasteiger partial charge in [-0.3, -0.25) is 0 Å². The third-order valence-corrected chi connectivity index (χ3v) is 5.73. The number of halogens is 1. The van der Waals surface area contributed by atoms with Gasteiger partial charge < -0.3 is 33.8 Å². The summed E-state index contributed by atoms with van der Waals surface area (Å²) in [7, 11) is 0. The molecule has 29 heavy (non-hydrogen) atoms. The van der Waals surface area contributed by atoms with Crippen LogP contribution in [0.15, 0.2) is 30.3 Å². The Kier molecular flexibility index (Phi) is 3.89. The summed E-state index contributed by atoms with van der Waals surface area (Å²) in [5.74, 6) is 1.93. The minimum Gasteiger partial charge on any atom is -0.470 e. The molecule has 0 spiro atoms. The third-order valence-electron chi connectivity index (χ3n) is 5.44. The molecule has 2 unspecified atom stereocenters. The summed E-state index contributed by atoms with van der Waals surface area (Å²) in [6.45, 7) is 0.835. The van der Waals surface area contributed by atoms with Gasteiger partial charge in [0.05, 0.1) is 35.0 Å². The van der Waals surface area contributed by atoms with Crippen LogP contribution in [-0.2, 0) is 9.47 Å². The number of pyridine rings is 1. The summed E-state index contributed by atoms with van der Waals surface area (Å²) in [5.41, 5.74) is 2.97. The monoisotopic (exact) mass is 416 g/mol. The first-order chi connectivity index (χ1) is 14.2. The van der Waals surface area contributed by atoms with Crippen LogP contribution in [0.3, 0.4) is 0 Å². The van der Waals surface area contributed by atoms with E-state index in [-0.39, 0.29) is 31.7 Å². The van der Waals surface area contributed by atoms with Crippen LogP contribution in [-0.4, -0.2) is 59.5 Å². The summed E-state index contributed by atoms with van der Waals surface area (Å²) in [4.78, 5) is 7.89. The number of aromatic amines is 1. The molecule has 8 nitrogen and oxygen atoms in total. The molecule has 5 heterocycles. The minimum atomic E-state index is -0.610. The number of aromatic nitrogens is 2. The first-order valence-electron chi connectivity index (χ1n) is 9.33. The average molecular weight is 417 g/mol. The molecular formula is C20H17ClN2O6. The van der Waals surface area contributed by atoms with Crippen LogP contribution in [0.1, 0.15) is 0 Å². The summed E-state index contributed by atoms with van der Waals surface area (Å²) >= 11 is 6.49. The number of hydrogen-bond acceptors (Lipinski definition) is 7. The van der Waals surface area contributed by atoms with Crippen LogP contribution in [0.25, 0.3) is 22.3 Å². The lowest BCUT2D eigenvalue weighted by Gasteiger charge is -2.16. The number of hydrogen-bond donors (Lipinski definition) is 2. The molecule has 0 bridgehead atoms. The van der Waals surface area contributed by atoms with E-state index in [9.17, 15) is 5.11 Å². The van der Waals surface area contributed by atoms with Crippen molar-refractivity contribution in [2.45, 2.75) is 24.4 Å². The zero-order valence-electron chi connectivity index (χ0n) is 15.1. The normalized spacial score (nSPS) is 27.5. The second-order valence-electron chi connectivity index (χ2n) is 7.27. The Balaban J connectivity index is 1.30. The number of aliphatic hydroxyl groups is 1. The van der Waals surface area contributed by atoms with Gasteiger partial charge in [-0.25, -0.2) is 4.98 Å². The van der Waals surface area contributed by atoms with Gasteiger partial charge in [0, 0.05) is 11.6 Å². The number of nitrogens with one attached hydrogen (secondary N) is 1. The maximum atomic E-state index is 9.87. The predicted molar refractivity (Wildman–Crippen MR) is 103 cm³/mol. The van der Waals surface area contributed by atoms with E-state index < -0.39 is 6.10 Å². The Morgan fingerprint density at radius 1 is 1.07 bits per heavy atom. The molecule has 0 saturated carbocycles. The van der Waals surface area contributed by atoms with E-state index in [2.05, 4.69) is 4.98 Å². The zero-order chi connectivity index (χ0) is 19.5. The molecule has 1 aromatic carbocycles. The van der Waals surface area contributed by atoms with Crippen LogP contribution in [0.5, 0.6) is 17.4 Å². The molecule has 3 aliphatic rings. The Hall–Kier alpha value is -2.52. The van der Waals surface area contributed by atoms with E-state index in [1.807, 2.05) is 30.3 Å². The molecule has 2 fully saturated rings. The van der Waals surface area contributed by atoms with Gasteiger partial charge in [0.1, 0.15) is 18.3 Å². The lowest BCUT2D eigenvalue weighted by molar-refractivity contribution is 0.00794. The average Bonchev–Trinajstić information content (AvgIpc) is 3.47. The van der Waals surface area contributed by atoms with Gasteiger partial charge in [0.2, 0.25) is 6.79 Å². The van der Waals surface area contributed by atoms with Crippen molar-refractivity contribution in [3.05, 3.63) is 35.4 Å². The van der Waals surface area contributed by atoms with Crippen LogP contribution in [0.2, 0.25) is 5.02 Å². The second-order valence-corrected chi connectivity index (χ2v) is 7.68. The molecule has 2 aromatic heterocycles. The summed E-state index contributed by atoms with van der Waals surface area (Å²) in [6, 6.07) is 9.25. The first kappa shape index (κ1) is 17.3. The predicted octanol–water partition coefficient (Wildman–Crippen LogP) is 2.52. The SMILES string of the molecule is OC1CO[C@@H]2C(Oc3cc4nc(-c5ccc6c(c5)OCO6)c(Cl)cc4[nH]3)CO[C@H]12. The van der Waals surface area contributed by atoms with Crippen LogP contribution in [0.4, 0.5) is 0 Å². The lowest BCUT2D eigenvalue weighted by atomic mass is 10.1. The molecule has 3 aromatic rings. The highest BCUT2D eigenvalue weighted by Crippen LogP contribution is 2.38. The number of rotatable bonds is 3. The molecule has 6 rings (SSSR count). The molecule has 9 heteroatoms. The van der Waals surface area contributed by atoms with Crippen molar-refractivity contribution in [2.24, 2.45) is 0 Å². The van der Waals surface area contributed by atoms with Crippen LogP contribution < -0.4 is 14.2 Å². The fourth-order valence-corrected chi connectivity index (χ4v) is 4.28. The fourth-order valence-electron chi connectivity index (χ4n) is 4.02. The van der Waals surface area contributed by atoms with Crippen LogP contribution >= 0.6 is 11.6 Å².